The van der Waals surface area contributed by atoms with Crippen molar-refractivity contribution < 1.29 is 38.8 Å². The van der Waals surface area contributed by atoms with Crippen LogP contribution in [0.15, 0.2) is 53.6 Å². The van der Waals surface area contributed by atoms with Crippen molar-refractivity contribution in [2.75, 3.05) is 33.4 Å². The van der Waals surface area contributed by atoms with E-state index in [9.17, 15) is 29.4 Å². The van der Waals surface area contributed by atoms with Gasteiger partial charge in [0, 0.05) is 19.5 Å². The Balaban J connectivity index is 1.67. The van der Waals surface area contributed by atoms with Crippen molar-refractivity contribution in [1.29, 1.82) is 0 Å². The molecule has 0 aliphatic carbocycles. The van der Waals surface area contributed by atoms with Crippen LogP contribution in [0.3, 0.4) is 0 Å². The van der Waals surface area contributed by atoms with Crippen molar-refractivity contribution in [3.05, 3.63) is 65.2 Å². The van der Waals surface area contributed by atoms with E-state index in [4.69, 9.17) is 9.47 Å². The van der Waals surface area contributed by atoms with E-state index in [0.29, 0.717) is 43.3 Å². The van der Waals surface area contributed by atoms with Crippen LogP contribution in [0.2, 0.25) is 0 Å². The first-order valence-corrected chi connectivity index (χ1v) is 15.5. The summed E-state index contributed by atoms with van der Waals surface area (Å²) in [6, 6.07) is 14.9. The number of hydrazone groups is 1. The summed E-state index contributed by atoms with van der Waals surface area (Å²) in [7, 11) is -1.77. The van der Waals surface area contributed by atoms with Crippen LogP contribution in [0, 0.1) is 5.92 Å². The highest BCUT2D eigenvalue weighted by Gasteiger charge is 2.35. The number of ether oxygens (including phenoxy) is 2. The molecule has 2 rings (SSSR count). The van der Waals surface area contributed by atoms with E-state index in [1.165, 1.54) is 11.8 Å². The predicted octanol–water partition coefficient (Wildman–Crippen LogP) is 2.74. The number of hydrogen-bond donors (Lipinski definition) is 5. The maximum Gasteiger partial charge on any atom is 0.310 e. The highest BCUT2D eigenvalue weighted by molar-refractivity contribution is 7.60. The van der Waals surface area contributed by atoms with Crippen molar-refractivity contribution in [2.24, 2.45) is 11.0 Å². The molecule has 5 N–H and O–H groups in total. The van der Waals surface area contributed by atoms with E-state index in [1.807, 2.05) is 36.2 Å². The fourth-order valence-electron chi connectivity index (χ4n) is 3.71. The molecule has 0 saturated carbocycles. The Hall–Kier alpha value is -2.49. The Morgan fingerprint density at radius 1 is 1.15 bits per heavy atom. The molecule has 0 bridgehead atoms. The number of benzene rings is 2. The van der Waals surface area contributed by atoms with Gasteiger partial charge < -0.3 is 34.2 Å². The van der Waals surface area contributed by atoms with Gasteiger partial charge in [-0.3, -0.25) is 9.59 Å². The SMILES string of the molecule is CC(C)Cc1ccc(CC(=O)OCC(=O)N/N=C/c2cccc(OCCCN(C)CCC(O)(PO)P(O)O)c2)cc1. The summed E-state index contributed by atoms with van der Waals surface area (Å²) in [6.07, 6.45) is 3.25. The summed E-state index contributed by atoms with van der Waals surface area (Å²) < 4.78 is 10.8. The fraction of sp³-hybridized carbons (Fsp3) is 0.464. The predicted molar refractivity (Wildman–Crippen MR) is 161 cm³/mol. The molecule has 2 aromatic carbocycles. The topological polar surface area (TPSA) is 161 Å². The lowest BCUT2D eigenvalue weighted by Gasteiger charge is -2.28. The quantitative estimate of drug-likeness (QED) is 0.0563. The largest absolute Gasteiger partial charge is 0.494 e. The second-order valence-corrected chi connectivity index (χ2v) is 12.9. The van der Waals surface area contributed by atoms with Gasteiger partial charge >= 0.3 is 5.97 Å². The summed E-state index contributed by atoms with van der Waals surface area (Å²) in [5.41, 5.74) is 5.07. The molecule has 0 aromatic heterocycles. The molecule has 0 fully saturated rings. The molecule has 13 heteroatoms. The van der Waals surface area contributed by atoms with Gasteiger partial charge in [0.2, 0.25) is 8.38 Å². The van der Waals surface area contributed by atoms with Gasteiger partial charge in [-0.15, -0.1) is 0 Å². The van der Waals surface area contributed by atoms with E-state index in [-0.39, 0.29) is 12.8 Å². The molecule has 41 heavy (non-hydrogen) atoms. The molecule has 0 radical (unpaired) electrons. The number of carbonyl (C=O) groups is 2. The van der Waals surface area contributed by atoms with E-state index >= 15 is 0 Å². The molecule has 0 saturated heterocycles. The zero-order valence-electron chi connectivity index (χ0n) is 23.7. The summed E-state index contributed by atoms with van der Waals surface area (Å²) >= 11 is 0. The number of carbonyl (C=O) groups excluding carboxylic acids is 2. The Kier molecular flexibility index (Phi) is 15.4. The van der Waals surface area contributed by atoms with Crippen molar-refractivity contribution in [1.82, 2.24) is 10.3 Å². The van der Waals surface area contributed by atoms with Gasteiger partial charge in [-0.05, 0) is 54.6 Å². The molecule has 1 amide bonds. The van der Waals surface area contributed by atoms with Crippen LogP contribution in [0.4, 0.5) is 0 Å². The van der Waals surface area contributed by atoms with E-state index in [1.54, 1.807) is 24.3 Å². The van der Waals surface area contributed by atoms with Crippen LogP contribution < -0.4 is 10.2 Å². The summed E-state index contributed by atoms with van der Waals surface area (Å²) in [5.74, 6) is 0.135. The van der Waals surface area contributed by atoms with E-state index in [0.717, 1.165) is 12.0 Å². The number of rotatable bonds is 18. The molecule has 0 spiro atoms. The van der Waals surface area contributed by atoms with Gasteiger partial charge in [-0.25, -0.2) is 5.43 Å². The van der Waals surface area contributed by atoms with Crippen LogP contribution in [0.25, 0.3) is 0 Å². The van der Waals surface area contributed by atoms with Crippen LogP contribution in [-0.4, -0.2) is 81.2 Å². The molecule has 2 unspecified atom stereocenters. The number of hydrogen-bond acceptors (Lipinski definition) is 10. The van der Waals surface area contributed by atoms with Crippen LogP contribution >= 0.6 is 17.2 Å². The van der Waals surface area contributed by atoms with Gasteiger partial charge in [0.05, 0.1) is 28.0 Å². The normalized spacial score (nSPS) is 13.4. The van der Waals surface area contributed by atoms with Gasteiger partial charge in [0.25, 0.3) is 5.91 Å². The third-order valence-electron chi connectivity index (χ3n) is 5.95. The Morgan fingerprint density at radius 3 is 2.51 bits per heavy atom. The number of aliphatic hydroxyl groups is 1. The number of nitrogens with one attached hydrogen (secondary N) is 1. The summed E-state index contributed by atoms with van der Waals surface area (Å²) in [6.45, 7) is 5.32. The second kappa shape index (κ2) is 18.1. The zero-order chi connectivity index (χ0) is 30.3. The molecule has 2 aromatic rings. The van der Waals surface area contributed by atoms with Gasteiger partial charge in [0.1, 0.15) is 5.75 Å². The average Bonchev–Trinajstić information content (AvgIpc) is 2.94. The Labute approximate surface area is 244 Å². The standard InChI is InChI=1S/C28H41N3O8P2/c1-21(2)16-22-8-10-23(11-9-22)18-27(33)39-20-26(32)30-29-19-24-6-4-7-25(17-24)38-15-5-13-31(3)14-12-28(34,40-35)41(36)37/h4,6-11,17,19,21,34-37,40H,5,12-16,18,20H2,1-3H3,(H,30,32)/b29-19+. The average molecular weight is 610 g/mol. The first-order valence-electron chi connectivity index (χ1n) is 13.3. The minimum atomic E-state index is -2.64. The first kappa shape index (κ1) is 34.7. The minimum absolute atomic E-state index is 0.0470. The van der Waals surface area contributed by atoms with Crippen LogP contribution in [-0.2, 0) is 27.2 Å². The second-order valence-electron chi connectivity index (χ2n) is 10.1. The van der Waals surface area contributed by atoms with E-state index < -0.39 is 40.7 Å². The van der Waals surface area contributed by atoms with Crippen molar-refractivity contribution in [2.45, 2.75) is 44.6 Å². The lowest BCUT2D eigenvalue weighted by molar-refractivity contribution is -0.147. The molecule has 0 heterocycles. The monoisotopic (exact) mass is 609 g/mol. The van der Waals surface area contributed by atoms with Crippen molar-refractivity contribution in [3.63, 3.8) is 0 Å². The molecule has 2 atom stereocenters. The van der Waals surface area contributed by atoms with Crippen LogP contribution in [0.5, 0.6) is 5.75 Å². The highest BCUT2D eigenvalue weighted by atomic mass is 31.2. The Morgan fingerprint density at radius 2 is 1.85 bits per heavy atom. The molecule has 11 nitrogen and oxygen atoms in total. The zero-order valence-corrected chi connectivity index (χ0v) is 25.6. The smallest absolute Gasteiger partial charge is 0.310 e. The fourth-order valence-corrected chi connectivity index (χ4v) is 4.59. The molecular formula is C28H41N3O8P2. The molecule has 0 aliphatic rings. The van der Waals surface area contributed by atoms with Crippen LogP contribution in [0.1, 0.15) is 43.4 Å². The van der Waals surface area contributed by atoms with Gasteiger partial charge in [-0.2, -0.15) is 5.10 Å². The van der Waals surface area contributed by atoms with Gasteiger partial charge in [0.15, 0.2) is 11.7 Å². The molecular weight excluding hydrogens is 568 g/mol. The van der Waals surface area contributed by atoms with E-state index in [2.05, 4.69) is 24.4 Å². The Bertz CT molecular complexity index is 1120. The third-order valence-corrected chi connectivity index (χ3v) is 8.34. The number of nitrogens with zero attached hydrogens (tertiary/aromatic N) is 2. The maximum absolute atomic E-state index is 12.1. The summed E-state index contributed by atoms with van der Waals surface area (Å²) in [5, 5.41) is 12.0. The number of esters is 1. The number of amides is 1. The summed E-state index contributed by atoms with van der Waals surface area (Å²) in [4.78, 5) is 53.7. The lowest BCUT2D eigenvalue weighted by atomic mass is 10.0. The van der Waals surface area contributed by atoms with Crippen molar-refractivity contribution in [3.8, 4) is 5.75 Å². The lowest BCUT2D eigenvalue weighted by Crippen LogP contribution is -2.29. The maximum atomic E-state index is 12.1. The highest BCUT2D eigenvalue weighted by Crippen LogP contribution is 2.52. The van der Waals surface area contributed by atoms with Crippen molar-refractivity contribution >= 4 is 35.3 Å². The third kappa shape index (κ3) is 13.8. The first-order chi connectivity index (χ1) is 19.5. The molecule has 0 aliphatic heterocycles. The molecule has 226 valence electrons. The minimum Gasteiger partial charge on any atom is -0.494 e. The van der Waals surface area contributed by atoms with Gasteiger partial charge in [-0.1, -0.05) is 50.2 Å².